The van der Waals surface area contributed by atoms with Gasteiger partial charge in [-0.15, -0.1) is 11.3 Å². The SMILES string of the molecule is Cc1nc(C)c(-c2cccc(C(=O)NCCN3CCCOC3=O)c2)s1. The summed E-state index contributed by atoms with van der Waals surface area (Å²) in [5.41, 5.74) is 2.57. The molecule has 0 bridgehead atoms. The van der Waals surface area contributed by atoms with Crippen molar-refractivity contribution in [1.29, 1.82) is 0 Å². The van der Waals surface area contributed by atoms with Gasteiger partial charge in [-0.05, 0) is 38.0 Å². The zero-order valence-electron chi connectivity index (χ0n) is 14.4. The van der Waals surface area contributed by atoms with Gasteiger partial charge in [0.15, 0.2) is 0 Å². The molecule has 2 aromatic rings. The first-order valence-corrected chi connectivity index (χ1v) is 9.10. The number of hydrogen-bond acceptors (Lipinski definition) is 5. The van der Waals surface area contributed by atoms with Crippen LogP contribution in [0.2, 0.25) is 0 Å². The fourth-order valence-electron chi connectivity index (χ4n) is 2.81. The molecule has 1 fully saturated rings. The van der Waals surface area contributed by atoms with Crippen molar-refractivity contribution in [1.82, 2.24) is 15.2 Å². The number of amides is 2. The van der Waals surface area contributed by atoms with Crippen LogP contribution in [0.5, 0.6) is 0 Å². The molecule has 1 aliphatic rings. The van der Waals surface area contributed by atoms with Crippen molar-refractivity contribution in [2.75, 3.05) is 26.2 Å². The molecule has 0 spiro atoms. The summed E-state index contributed by atoms with van der Waals surface area (Å²) >= 11 is 1.62. The molecular formula is C18H21N3O3S. The molecule has 6 nitrogen and oxygen atoms in total. The normalized spacial score (nSPS) is 14.3. The second kappa shape index (κ2) is 7.65. The van der Waals surface area contributed by atoms with Crippen LogP contribution in [0, 0.1) is 13.8 Å². The summed E-state index contributed by atoms with van der Waals surface area (Å²) in [6.07, 6.45) is 0.522. The fraction of sp³-hybridized carbons (Fsp3) is 0.389. The second-order valence-electron chi connectivity index (χ2n) is 5.94. The van der Waals surface area contributed by atoms with Crippen molar-refractivity contribution in [2.24, 2.45) is 0 Å². The standard InChI is InChI=1S/C18H21N3O3S/c1-12-16(25-13(2)20-12)14-5-3-6-15(11-14)17(22)19-7-9-21-8-4-10-24-18(21)23/h3,5-6,11H,4,7-10H2,1-2H3,(H,19,22). The third kappa shape index (κ3) is 4.17. The number of aromatic nitrogens is 1. The summed E-state index contributed by atoms with van der Waals surface area (Å²) in [7, 11) is 0. The first-order chi connectivity index (χ1) is 12.0. The predicted molar refractivity (Wildman–Crippen MR) is 96.9 cm³/mol. The predicted octanol–water partition coefficient (Wildman–Crippen LogP) is 3.00. The Kier molecular flexibility index (Phi) is 5.33. The molecule has 2 heterocycles. The smallest absolute Gasteiger partial charge is 0.409 e. The molecule has 7 heteroatoms. The molecule has 0 atom stereocenters. The number of thiazole rings is 1. The van der Waals surface area contributed by atoms with Crippen LogP contribution >= 0.6 is 11.3 Å². The Morgan fingerprint density at radius 2 is 2.24 bits per heavy atom. The largest absolute Gasteiger partial charge is 0.449 e. The third-order valence-electron chi connectivity index (χ3n) is 4.01. The lowest BCUT2D eigenvalue weighted by Gasteiger charge is -2.26. The van der Waals surface area contributed by atoms with E-state index in [1.807, 2.05) is 32.0 Å². The first kappa shape index (κ1) is 17.4. The highest BCUT2D eigenvalue weighted by Gasteiger charge is 2.19. The molecule has 1 N–H and O–H groups in total. The van der Waals surface area contributed by atoms with E-state index in [0.717, 1.165) is 27.6 Å². The lowest BCUT2D eigenvalue weighted by atomic mass is 10.1. The summed E-state index contributed by atoms with van der Waals surface area (Å²) in [4.78, 5) is 31.1. The van der Waals surface area contributed by atoms with Gasteiger partial charge in [-0.25, -0.2) is 9.78 Å². The van der Waals surface area contributed by atoms with Crippen LogP contribution in [0.3, 0.4) is 0 Å². The van der Waals surface area contributed by atoms with Crippen molar-refractivity contribution in [3.63, 3.8) is 0 Å². The van der Waals surface area contributed by atoms with E-state index in [9.17, 15) is 9.59 Å². The molecule has 132 valence electrons. The number of aryl methyl sites for hydroxylation is 2. The molecule has 25 heavy (non-hydrogen) atoms. The molecule has 2 amide bonds. The summed E-state index contributed by atoms with van der Waals surface area (Å²) in [5.74, 6) is -0.147. The Bertz CT molecular complexity index is 788. The molecule has 0 unspecified atom stereocenters. The Hall–Kier alpha value is -2.41. The number of rotatable bonds is 5. The van der Waals surface area contributed by atoms with Gasteiger partial charge in [-0.1, -0.05) is 12.1 Å². The van der Waals surface area contributed by atoms with Gasteiger partial charge in [0.25, 0.3) is 5.91 Å². The van der Waals surface area contributed by atoms with Crippen LogP contribution < -0.4 is 5.32 Å². The van der Waals surface area contributed by atoms with Gasteiger partial charge in [0, 0.05) is 25.2 Å². The maximum atomic E-state index is 12.4. The van der Waals surface area contributed by atoms with Crippen LogP contribution in [0.1, 0.15) is 27.5 Å². The van der Waals surface area contributed by atoms with Gasteiger partial charge in [0.1, 0.15) is 0 Å². The fourth-order valence-corrected chi connectivity index (χ4v) is 3.72. The zero-order chi connectivity index (χ0) is 17.8. The Morgan fingerprint density at radius 1 is 1.40 bits per heavy atom. The van der Waals surface area contributed by atoms with Crippen molar-refractivity contribution < 1.29 is 14.3 Å². The molecule has 1 aromatic heterocycles. The molecule has 3 rings (SSSR count). The molecule has 1 saturated heterocycles. The van der Waals surface area contributed by atoms with E-state index in [1.54, 1.807) is 22.3 Å². The third-order valence-corrected chi connectivity index (χ3v) is 5.14. The topological polar surface area (TPSA) is 71.5 Å². The van der Waals surface area contributed by atoms with E-state index in [4.69, 9.17) is 4.74 Å². The minimum Gasteiger partial charge on any atom is -0.449 e. The van der Waals surface area contributed by atoms with Gasteiger partial charge in [-0.3, -0.25) is 4.79 Å². The van der Waals surface area contributed by atoms with Crippen molar-refractivity contribution in [3.05, 3.63) is 40.5 Å². The Balaban J connectivity index is 1.61. The van der Waals surface area contributed by atoms with Crippen LogP contribution in [0.15, 0.2) is 24.3 Å². The molecule has 0 saturated carbocycles. The highest BCUT2D eigenvalue weighted by atomic mass is 32.1. The van der Waals surface area contributed by atoms with E-state index in [2.05, 4.69) is 10.3 Å². The number of cyclic esters (lactones) is 1. The number of ether oxygens (including phenoxy) is 1. The minimum absolute atomic E-state index is 0.147. The molecular weight excluding hydrogens is 338 g/mol. The van der Waals surface area contributed by atoms with Crippen LogP contribution in [0.25, 0.3) is 10.4 Å². The average molecular weight is 359 g/mol. The summed E-state index contributed by atoms with van der Waals surface area (Å²) in [6.45, 7) is 5.96. The Labute approximate surface area is 150 Å². The molecule has 0 aliphatic carbocycles. The zero-order valence-corrected chi connectivity index (χ0v) is 15.2. The number of benzene rings is 1. The number of carbonyl (C=O) groups is 2. The maximum absolute atomic E-state index is 12.4. The quantitative estimate of drug-likeness (QED) is 0.891. The van der Waals surface area contributed by atoms with Crippen molar-refractivity contribution in [3.8, 4) is 10.4 Å². The van der Waals surface area contributed by atoms with Gasteiger partial charge in [0.05, 0.1) is 22.2 Å². The van der Waals surface area contributed by atoms with Crippen LogP contribution in [-0.4, -0.2) is 48.1 Å². The van der Waals surface area contributed by atoms with Crippen LogP contribution in [-0.2, 0) is 4.74 Å². The van der Waals surface area contributed by atoms with E-state index in [1.165, 1.54) is 0 Å². The summed E-state index contributed by atoms with van der Waals surface area (Å²) < 4.78 is 4.98. The maximum Gasteiger partial charge on any atom is 0.409 e. The minimum atomic E-state index is -0.307. The molecule has 1 aliphatic heterocycles. The first-order valence-electron chi connectivity index (χ1n) is 8.29. The Morgan fingerprint density at radius 3 is 2.96 bits per heavy atom. The lowest BCUT2D eigenvalue weighted by molar-refractivity contribution is 0.0719. The monoisotopic (exact) mass is 359 g/mol. The van der Waals surface area contributed by atoms with E-state index in [0.29, 0.717) is 31.8 Å². The highest BCUT2D eigenvalue weighted by molar-refractivity contribution is 7.15. The average Bonchev–Trinajstić information content (AvgIpc) is 2.95. The van der Waals surface area contributed by atoms with E-state index >= 15 is 0 Å². The summed E-state index contributed by atoms with van der Waals surface area (Å²) in [6, 6.07) is 7.53. The van der Waals surface area contributed by atoms with Crippen molar-refractivity contribution in [2.45, 2.75) is 20.3 Å². The number of nitrogens with one attached hydrogen (secondary N) is 1. The van der Waals surface area contributed by atoms with Gasteiger partial charge < -0.3 is 15.0 Å². The number of hydrogen-bond donors (Lipinski definition) is 1. The van der Waals surface area contributed by atoms with Gasteiger partial charge >= 0.3 is 6.09 Å². The van der Waals surface area contributed by atoms with Gasteiger partial charge in [0.2, 0.25) is 0 Å². The summed E-state index contributed by atoms with van der Waals surface area (Å²) in [5, 5.41) is 3.87. The number of carbonyl (C=O) groups excluding carboxylic acids is 2. The van der Waals surface area contributed by atoms with E-state index < -0.39 is 0 Å². The lowest BCUT2D eigenvalue weighted by Crippen LogP contribution is -2.42. The molecule has 1 aromatic carbocycles. The van der Waals surface area contributed by atoms with E-state index in [-0.39, 0.29) is 12.0 Å². The number of nitrogens with zero attached hydrogens (tertiary/aromatic N) is 2. The van der Waals surface area contributed by atoms with Gasteiger partial charge in [-0.2, -0.15) is 0 Å². The highest BCUT2D eigenvalue weighted by Crippen LogP contribution is 2.30. The second-order valence-corrected chi connectivity index (χ2v) is 7.14. The van der Waals surface area contributed by atoms with Crippen LogP contribution in [0.4, 0.5) is 4.79 Å². The van der Waals surface area contributed by atoms with Crippen molar-refractivity contribution >= 4 is 23.3 Å². The molecule has 0 radical (unpaired) electrons.